The van der Waals surface area contributed by atoms with Crippen molar-refractivity contribution in [3.05, 3.63) is 0 Å². The number of halogens is 19. The van der Waals surface area contributed by atoms with Crippen molar-refractivity contribution in [2.24, 2.45) is 0 Å². The monoisotopic (exact) mass is 1650 g/mol. The van der Waals surface area contributed by atoms with Crippen LogP contribution in [0.15, 0.2) is 0 Å². The van der Waals surface area contributed by atoms with Gasteiger partial charge in [-0.2, -0.15) is 0 Å². The highest BCUT2D eigenvalue weighted by Crippen LogP contribution is 2.79. The summed E-state index contributed by atoms with van der Waals surface area (Å²) in [5.41, 5.74) is 0. The van der Waals surface area contributed by atoms with Gasteiger partial charge < -0.3 is 4.74 Å². The fourth-order valence-corrected chi connectivity index (χ4v) is 18.4. The number of carbonyl (C=O) groups excluding carboxylic acids is 1. The molecule has 0 bridgehead atoms. The van der Waals surface area contributed by atoms with Gasteiger partial charge in [0.05, 0.1) is 0 Å². The zero-order valence-electron chi connectivity index (χ0n) is 13.1. The zero-order valence-corrected chi connectivity index (χ0v) is 43.2. The van der Waals surface area contributed by atoms with E-state index in [1.165, 1.54) is 0 Å². The molecule has 0 saturated heterocycles. The van der Waals surface area contributed by atoms with Gasteiger partial charge in [0.15, 0.2) is 5.38 Å². The summed E-state index contributed by atoms with van der Waals surface area (Å²) in [6.07, 6.45) is 0. The molecule has 0 amide bonds. The van der Waals surface area contributed by atoms with Crippen LogP contribution >= 0.6 is 303 Å². The first-order chi connectivity index (χ1) is 13.1. The van der Waals surface area contributed by atoms with Gasteiger partial charge in [-0.25, -0.2) is 0 Å². The fourth-order valence-electron chi connectivity index (χ4n) is 1.48. The Kier molecular flexibility index (Phi) is 16.7. The van der Waals surface area contributed by atoms with Crippen LogP contribution in [-0.2, 0) is 9.53 Å². The standard InChI is InChI=1S/C10HBr19O2/c11-2(12,3(13,14)5(17,18)7(21,22)9(25,26)27)4(15,16)6(19,20)8(23,24)10(28,29)31-1-30/h1H. The van der Waals surface area contributed by atoms with Gasteiger partial charge in [0, 0.05) is 0 Å². The van der Waals surface area contributed by atoms with Gasteiger partial charge in [-0.1, -0.05) is 271 Å². The Hall–Kier alpha value is 8.59. The number of hydrogen-bond acceptors (Lipinski definition) is 2. The molecular formula is C10HBr19O2. The number of hydrogen-bond donors (Lipinski definition) is 0. The van der Waals surface area contributed by atoms with Crippen molar-refractivity contribution in [1.29, 1.82) is 0 Å². The van der Waals surface area contributed by atoms with Crippen LogP contribution in [0.25, 0.3) is 0 Å². The third-order valence-electron chi connectivity index (χ3n) is 3.28. The van der Waals surface area contributed by atoms with Crippen molar-refractivity contribution in [2.45, 2.75) is 28.2 Å². The van der Waals surface area contributed by atoms with Gasteiger partial charge in [0.25, 0.3) is 6.47 Å². The molecule has 2 nitrogen and oxygen atoms in total. The molecule has 0 aliphatic carbocycles. The molecule has 0 aromatic carbocycles. The first-order valence-electron chi connectivity index (χ1n) is 6.27. The first-order valence-corrected chi connectivity index (χ1v) is 21.3. The lowest BCUT2D eigenvalue weighted by Crippen LogP contribution is -2.69. The molecule has 0 N–H and O–H groups in total. The van der Waals surface area contributed by atoms with E-state index in [2.05, 4.69) is 303 Å². The topological polar surface area (TPSA) is 26.3 Å². The lowest BCUT2D eigenvalue weighted by atomic mass is 10.1. The van der Waals surface area contributed by atoms with Crippen LogP contribution in [0.4, 0.5) is 0 Å². The normalized spacial score (nSPS) is 16.4. The molecule has 0 rings (SSSR count). The molecule has 0 aromatic heterocycles. The SMILES string of the molecule is O=COC(Br)(Br)C(Br)(Br)C(Br)(Br)C(Br)(Br)C(Br)(Br)C(Br)(Br)C(Br)(Br)C(Br)(Br)C(Br)(Br)Br. The molecule has 0 atom stereocenters. The molecule has 0 aliphatic heterocycles. The fraction of sp³-hybridized carbons (Fsp3) is 0.900. The van der Waals surface area contributed by atoms with Gasteiger partial charge in [-0.15, -0.1) is 0 Å². The van der Waals surface area contributed by atoms with E-state index in [0.717, 1.165) is 0 Å². The van der Waals surface area contributed by atoms with Crippen molar-refractivity contribution in [3.8, 4) is 0 Å². The Morgan fingerprint density at radius 3 is 0.839 bits per heavy atom. The van der Waals surface area contributed by atoms with Gasteiger partial charge >= 0.3 is 0 Å². The summed E-state index contributed by atoms with van der Waals surface area (Å²) >= 11 is 69.6. The molecule has 31 heavy (non-hydrogen) atoms. The van der Waals surface area contributed by atoms with Crippen LogP contribution < -0.4 is 0 Å². The minimum atomic E-state index is -1.42. The van der Waals surface area contributed by atoms with E-state index in [1.807, 2.05) is 0 Å². The average Bonchev–Trinajstić information content (AvgIpc) is 2.52. The summed E-state index contributed by atoms with van der Waals surface area (Å²) < 4.78 is -4.98. The largest absolute Gasteiger partial charge is 0.437 e. The maximum atomic E-state index is 11.1. The van der Waals surface area contributed by atoms with Crippen molar-refractivity contribution < 1.29 is 9.53 Å². The molecule has 0 radical (unpaired) electrons. The maximum Gasteiger partial charge on any atom is 0.295 e. The van der Waals surface area contributed by atoms with E-state index in [0.29, 0.717) is 6.47 Å². The lowest BCUT2D eigenvalue weighted by Gasteiger charge is -2.58. The summed E-state index contributed by atoms with van der Waals surface area (Å²) in [5, 5.41) is 0. The van der Waals surface area contributed by atoms with Crippen LogP contribution in [-0.4, -0.2) is 34.7 Å². The quantitative estimate of drug-likeness (QED) is 0.170. The maximum absolute atomic E-state index is 11.1. The van der Waals surface area contributed by atoms with Crippen LogP contribution in [0.2, 0.25) is 0 Å². The van der Waals surface area contributed by atoms with E-state index in [4.69, 9.17) is 4.74 Å². The molecule has 0 fully saturated rings. The second kappa shape index (κ2) is 13.1. The Bertz CT molecular complexity index is 674. The van der Waals surface area contributed by atoms with Crippen LogP contribution in [0, 0.1) is 0 Å². The number of carbonyl (C=O) groups is 1. The Morgan fingerprint density at radius 1 is 0.387 bits per heavy atom. The van der Waals surface area contributed by atoms with E-state index in [-0.39, 0.29) is 0 Å². The number of alkyl halides is 19. The van der Waals surface area contributed by atoms with Crippen molar-refractivity contribution >= 4 is 309 Å². The Morgan fingerprint density at radius 2 is 0.613 bits per heavy atom. The van der Waals surface area contributed by atoms with Gasteiger partial charge in [0.2, 0.25) is 3.42 Å². The molecule has 186 valence electrons. The van der Waals surface area contributed by atoms with E-state index >= 15 is 0 Å². The molecule has 0 aromatic rings. The highest BCUT2D eigenvalue weighted by molar-refractivity contribution is 9.42. The summed E-state index contributed by atoms with van der Waals surface area (Å²) in [5.74, 6) is 0. The predicted octanol–water partition coefficient (Wildman–Crippen LogP) is 13.8. The predicted molar refractivity (Wildman–Crippen MR) is 201 cm³/mol. The Labute approximate surface area is 339 Å². The first kappa shape index (κ1) is 39.6. The van der Waals surface area contributed by atoms with E-state index in [1.54, 1.807) is 0 Å². The minimum absolute atomic E-state index is 0.295. The molecule has 0 spiro atoms. The molecule has 21 heteroatoms. The average molecular weight is 1670 g/mol. The smallest absolute Gasteiger partial charge is 0.295 e. The molecular weight excluding hydrogens is 1670 g/mol. The summed E-state index contributed by atoms with van der Waals surface area (Å²) in [6, 6.07) is 0. The summed E-state index contributed by atoms with van der Waals surface area (Å²) in [7, 11) is 0. The van der Waals surface area contributed by atoms with Crippen molar-refractivity contribution in [1.82, 2.24) is 0 Å². The van der Waals surface area contributed by atoms with E-state index < -0.39 is 28.2 Å². The molecule has 0 saturated carbocycles. The van der Waals surface area contributed by atoms with Gasteiger partial charge in [-0.05, 0) is 31.9 Å². The van der Waals surface area contributed by atoms with Gasteiger partial charge in [0.1, 0.15) is 19.4 Å². The second-order valence-electron chi connectivity index (χ2n) is 5.25. The minimum Gasteiger partial charge on any atom is -0.437 e. The second-order valence-corrected chi connectivity index (χ2v) is 39.4. The number of ether oxygens (including phenoxy) is 1. The number of rotatable bonds is 9. The molecule has 0 unspecified atom stereocenters. The van der Waals surface area contributed by atoms with Gasteiger partial charge in [-0.3, -0.25) is 4.79 Å². The highest BCUT2D eigenvalue weighted by atomic mass is 80.0. The molecule has 0 aliphatic rings. The van der Waals surface area contributed by atoms with Crippen molar-refractivity contribution in [3.63, 3.8) is 0 Å². The zero-order chi connectivity index (χ0) is 25.9. The van der Waals surface area contributed by atoms with Crippen LogP contribution in [0.1, 0.15) is 0 Å². The van der Waals surface area contributed by atoms with Crippen LogP contribution in [0.5, 0.6) is 0 Å². The third kappa shape index (κ3) is 7.22. The highest BCUT2D eigenvalue weighted by Gasteiger charge is 2.79. The van der Waals surface area contributed by atoms with Crippen molar-refractivity contribution in [2.75, 3.05) is 0 Å². The third-order valence-corrected chi connectivity index (χ3v) is 41.3. The summed E-state index contributed by atoms with van der Waals surface area (Å²) in [6.45, 7) is 0.295. The summed E-state index contributed by atoms with van der Waals surface area (Å²) in [4.78, 5) is 11.1. The Balaban J connectivity index is 6.87. The molecule has 0 heterocycles. The van der Waals surface area contributed by atoms with Crippen LogP contribution in [0.3, 0.4) is 0 Å². The van der Waals surface area contributed by atoms with E-state index in [9.17, 15) is 4.79 Å². The lowest BCUT2D eigenvalue weighted by molar-refractivity contribution is -0.131.